The van der Waals surface area contributed by atoms with Crippen molar-refractivity contribution in [1.82, 2.24) is 9.88 Å². The van der Waals surface area contributed by atoms with Crippen LogP contribution < -0.4 is 0 Å². The van der Waals surface area contributed by atoms with Crippen molar-refractivity contribution in [2.75, 3.05) is 7.05 Å². The number of rotatable bonds is 3. The molecule has 0 saturated heterocycles. The van der Waals surface area contributed by atoms with Crippen molar-refractivity contribution in [3.8, 4) is 0 Å². The number of nitrogens with zero attached hydrogens (tertiary/aromatic N) is 1. The Morgan fingerprint density at radius 1 is 1.11 bits per heavy atom. The Bertz CT molecular complexity index is 1110. The molecular formula is C22H20N2O3. The minimum atomic E-state index is -1.04. The van der Waals surface area contributed by atoms with Gasteiger partial charge in [0.25, 0.3) is 5.91 Å². The summed E-state index contributed by atoms with van der Waals surface area (Å²) >= 11 is 0. The molecule has 136 valence electrons. The third-order valence-corrected chi connectivity index (χ3v) is 5.17. The monoisotopic (exact) mass is 360 g/mol. The van der Waals surface area contributed by atoms with E-state index in [1.54, 1.807) is 31.3 Å². The molecule has 2 heterocycles. The highest BCUT2D eigenvalue weighted by molar-refractivity contribution is 6.33. The summed E-state index contributed by atoms with van der Waals surface area (Å²) in [6.07, 6.45) is -1.04. The van der Waals surface area contributed by atoms with Crippen LogP contribution in [0.3, 0.4) is 0 Å². The SMILES string of the molecule is CC(=O)c1ccc(C2=C(c3c(C)[nH]c4ccccc34)C(=O)N(C)C2O)cc1. The number of ketones is 1. The van der Waals surface area contributed by atoms with Gasteiger partial charge in [-0.25, -0.2) is 0 Å². The number of nitrogens with one attached hydrogen (secondary N) is 1. The summed E-state index contributed by atoms with van der Waals surface area (Å²) in [6, 6.07) is 14.8. The Hall–Kier alpha value is -3.18. The van der Waals surface area contributed by atoms with Gasteiger partial charge in [0.2, 0.25) is 0 Å². The summed E-state index contributed by atoms with van der Waals surface area (Å²) in [7, 11) is 1.59. The molecule has 0 spiro atoms. The summed E-state index contributed by atoms with van der Waals surface area (Å²) in [5, 5.41) is 11.7. The molecule has 3 aromatic rings. The van der Waals surface area contributed by atoms with Crippen molar-refractivity contribution in [3.05, 3.63) is 70.9 Å². The van der Waals surface area contributed by atoms with Gasteiger partial charge in [-0.15, -0.1) is 0 Å². The van der Waals surface area contributed by atoms with Gasteiger partial charge < -0.3 is 15.0 Å². The van der Waals surface area contributed by atoms with Gasteiger partial charge >= 0.3 is 0 Å². The lowest BCUT2D eigenvalue weighted by molar-refractivity contribution is -0.127. The van der Waals surface area contributed by atoms with Gasteiger partial charge in [-0.3, -0.25) is 9.59 Å². The molecule has 4 rings (SSSR count). The molecule has 0 bridgehead atoms. The number of likely N-dealkylation sites (N-methyl/N-ethyl adjacent to an activating group) is 1. The molecule has 5 nitrogen and oxygen atoms in total. The van der Waals surface area contributed by atoms with Crippen LogP contribution in [-0.4, -0.2) is 40.0 Å². The predicted octanol–water partition coefficient (Wildman–Crippen LogP) is 3.38. The van der Waals surface area contributed by atoms with Crippen LogP contribution >= 0.6 is 0 Å². The lowest BCUT2D eigenvalue weighted by Crippen LogP contribution is -2.31. The highest BCUT2D eigenvalue weighted by Gasteiger charge is 2.38. The molecule has 1 atom stereocenters. The summed E-state index contributed by atoms with van der Waals surface area (Å²) in [6.45, 7) is 3.44. The Morgan fingerprint density at radius 3 is 2.44 bits per heavy atom. The molecule has 2 N–H and O–H groups in total. The number of hydrogen-bond acceptors (Lipinski definition) is 3. The van der Waals surface area contributed by atoms with E-state index in [1.165, 1.54) is 11.8 Å². The molecule has 1 amide bonds. The largest absolute Gasteiger partial charge is 0.369 e. The van der Waals surface area contributed by atoms with Crippen LogP contribution in [0.1, 0.15) is 34.1 Å². The topological polar surface area (TPSA) is 73.4 Å². The fraction of sp³-hybridized carbons (Fsp3) is 0.182. The van der Waals surface area contributed by atoms with E-state index in [4.69, 9.17) is 0 Å². The number of aromatic amines is 1. The van der Waals surface area contributed by atoms with E-state index in [2.05, 4.69) is 4.98 Å². The van der Waals surface area contributed by atoms with E-state index in [0.717, 1.165) is 27.7 Å². The van der Waals surface area contributed by atoms with E-state index in [0.29, 0.717) is 16.7 Å². The molecule has 27 heavy (non-hydrogen) atoms. The third kappa shape index (κ3) is 2.59. The average Bonchev–Trinajstić information content (AvgIpc) is 3.10. The minimum Gasteiger partial charge on any atom is -0.369 e. The van der Waals surface area contributed by atoms with Gasteiger partial charge in [0, 0.05) is 40.3 Å². The number of fused-ring (bicyclic) bond motifs is 1. The van der Waals surface area contributed by atoms with Gasteiger partial charge in [0.05, 0.1) is 5.57 Å². The first-order valence-corrected chi connectivity index (χ1v) is 8.78. The van der Waals surface area contributed by atoms with Crippen molar-refractivity contribution in [3.63, 3.8) is 0 Å². The zero-order valence-corrected chi connectivity index (χ0v) is 15.4. The first-order valence-electron chi connectivity index (χ1n) is 8.78. The second-order valence-corrected chi connectivity index (χ2v) is 6.88. The number of para-hydroxylation sites is 1. The molecule has 0 aliphatic carbocycles. The van der Waals surface area contributed by atoms with E-state index >= 15 is 0 Å². The second-order valence-electron chi connectivity index (χ2n) is 6.88. The number of aliphatic hydroxyl groups excluding tert-OH is 1. The first kappa shape index (κ1) is 17.2. The number of aromatic nitrogens is 1. The number of Topliss-reactive ketones (excluding diaryl/α,β-unsaturated/α-hetero) is 1. The molecule has 1 aromatic heterocycles. The van der Waals surface area contributed by atoms with Crippen molar-refractivity contribution in [2.45, 2.75) is 20.1 Å². The molecule has 0 fully saturated rings. The Balaban J connectivity index is 1.99. The quantitative estimate of drug-likeness (QED) is 0.703. The van der Waals surface area contributed by atoms with E-state index in [9.17, 15) is 14.7 Å². The molecule has 5 heteroatoms. The number of H-pyrrole nitrogens is 1. The fourth-order valence-corrected chi connectivity index (χ4v) is 3.74. The first-order chi connectivity index (χ1) is 12.9. The lowest BCUT2D eigenvalue weighted by Gasteiger charge is -2.17. The van der Waals surface area contributed by atoms with Crippen molar-refractivity contribution in [1.29, 1.82) is 0 Å². The normalized spacial score (nSPS) is 17.3. The Labute approximate surface area is 156 Å². The van der Waals surface area contributed by atoms with E-state index in [-0.39, 0.29) is 11.7 Å². The molecular weight excluding hydrogens is 340 g/mol. The molecule has 2 aromatic carbocycles. The van der Waals surface area contributed by atoms with E-state index < -0.39 is 6.23 Å². The Morgan fingerprint density at radius 2 is 1.78 bits per heavy atom. The maximum Gasteiger partial charge on any atom is 0.257 e. The van der Waals surface area contributed by atoms with Gasteiger partial charge in [0.1, 0.15) is 0 Å². The van der Waals surface area contributed by atoms with Gasteiger partial charge in [-0.05, 0) is 25.5 Å². The number of benzene rings is 2. The number of amides is 1. The molecule has 1 aliphatic heterocycles. The standard InChI is InChI=1S/C22H20N2O3/c1-12-18(16-6-4-5-7-17(16)23-12)20-19(21(26)24(3)22(20)27)15-10-8-14(9-11-15)13(2)25/h4-11,21,23,26H,1-3H3. The van der Waals surface area contributed by atoms with Crippen LogP contribution in [0, 0.1) is 6.92 Å². The van der Waals surface area contributed by atoms with E-state index in [1.807, 2.05) is 31.2 Å². The van der Waals surface area contributed by atoms with Crippen LogP contribution in [0.2, 0.25) is 0 Å². The van der Waals surface area contributed by atoms with Crippen molar-refractivity contribution >= 4 is 33.7 Å². The number of aryl methyl sites for hydroxylation is 1. The number of hydrogen-bond donors (Lipinski definition) is 2. The maximum atomic E-state index is 13.0. The highest BCUT2D eigenvalue weighted by atomic mass is 16.3. The number of carbonyl (C=O) groups is 2. The molecule has 1 unspecified atom stereocenters. The summed E-state index contributed by atoms with van der Waals surface area (Å²) < 4.78 is 0. The smallest absolute Gasteiger partial charge is 0.257 e. The zero-order chi connectivity index (χ0) is 19.3. The van der Waals surface area contributed by atoms with Gasteiger partial charge in [-0.1, -0.05) is 42.5 Å². The van der Waals surface area contributed by atoms with Crippen LogP contribution in [0.25, 0.3) is 22.0 Å². The van der Waals surface area contributed by atoms with Crippen molar-refractivity contribution < 1.29 is 14.7 Å². The summed E-state index contributed by atoms with van der Waals surface area (Å²) in [5.74, 6) is -0.246. The summed E-state index contributed by atoms with van der Waals surface area (Å²) in [5.41, 5.74) is 5.01. The fourth-order valence-electron chi connectivity index (χ4n) is 3.74. The van der Waals surface area contributed by atoms with Crippen molar-refractivity contribution in [2.24, 2.45) is 0 Å². The zero-order valence-electron chi connectivity index (χ0n) is 15.4. The van der Waals surface area contributed by atoms with Crippen LogP contribution in [0.5, 0.6) is 0 Å². The van der Waals surface area contributed by atoms with Gasteiger partial charge in [0.15, 0.2) is 12.0 Å². The molecule has 0 saturated carbocycles. The Kier molecular flexibility index (Phi) is 3.97. The predicted molar refractivity (Wildman–Crippen MR) is 105 cm³/mol. The van der Waals surface area contributed by atoms with Crippen LogP contribution in [0.4, 0.5) is 0 Å². The van der Waals surface area contributed by atoms with Gasteiger partial charge in [-0.2, -0.15) is 0 Å². The second kappa shape index (κ2) is 6.21. The molecule has 1 aliphatic rings. The van der Waals surface area contributed by atoms with Crippen LogP contribution in [0.15, 0.2) is 48.5 Å². The molecule has 0 radical (unpaired) electrons. The highest BCUT2D eigenvalue weighted by Crippen LogP contribution is 2.41. The third-order valence-electron chi connectivity index (χ3n) is 5.17. The maximum absolute atomic E-state index is 13.0. The van der Waals surface area contributed by atoms with Crippen LogP contribution in [-0.2, 0) is 4.79 Å². The lowest BCUT2D eigenvalue weighted by atomic mass is 9.93. The number of carbonyl (C=O) groups excluding carboxylic acids is 2. The minimum absolute atomic E-state index is 0.0246. The summed E-state index contributed by atoms with van der Waals surface area (Å²) in [4.78, 5) is 29.2. The number of aliphatic hydroxyl groups is 1. The average molecular weight is 360 g/mol.